The van der Waals surface area contributed by atoms with E-state index < -0.39 is 167 Å². The largest absolute Gasteiger partial charge is 0.372 e. The molecule has 12 atom stereocenters. The van der Waals surface area contributed by atoms with Gasteiger partial charge in [-0.05, 0) is 96.1 Å². The third-order valence-electron chi connectivity index (χ3n) is 20.2. The number of likely N-dealkylation sites (N-methyl/N-ethyl adjacent to an activating group) is 1. The maximum absolute atomic E-state index is 15.3. The molecular weight excluding hydrogens is 1450 g/mol. The van der Waals surface area contributed by atoms with Gasteiger partial charge in [0.25, 0.3) is 0 Å². The second kappa shape index (κ2) is 41.0. The summed E-state index contributed by atoms with van der Waals surface area (Å²) in [6.45, 7) is 19.3. The molecule has 15 N–H and O–H groups in total. The van der Waals surface area contributed by atoms with Crippen LogP contribution in [0, 0.1) is 29.6 Å². The molecule has 2 saturated heterocycles. The first-order valence-corrected chi connectivity index (χ1v) is 39.8. The molecule has 1 aromatic heterocycles. The van der Waals surface area contributed by atoms with E-state index in [1.54, 1.807) is 84.3 Å². The van der Waals surface area contributed by atoms with Crippen molar-refractivity contribution in [2.24, 2.45) is 35.3 Å². The van der Waals surface area contributed by atoms with E-state index in [9.17, 15) is 28.8 Å². The molecule has 0 unspecified atom stereocenters. The molecule has 0 bridgehead atoms. The Kier molecular flexibility index (Phi) is 31.7. The van der Waals surface area contributed by atoms with Crippen LogP contribution >= 0.6 is 11.8 Å². The minimum Gasteiger partial charge on any atom is -0.372 e. The van der Waals surface area contributed by atoms with Crippen LogP contribution < -0.4 is 69.5 Å². The number of thioether (sulfide) groups is 1. The molecule has 2 fully saturated rings. The molecular formula is C82H112N16O13S. The monoisotopic (exact) mass is 1560 g/mol. The zero-order valence-electron chi connectivity index (χ0n) is 66.0. The minimum absolute atomic E-state index is 0.0589. The molecule has 604 valence electrons. The van der Waals surface area contributed by atoms with Crippen molar-refractivity contribution in [2.75, 3.05) is 31.8 Å². The molecule has 13 amide bonds. The van der Waals surface area contributed by atoms with Gasteiger partial charge in [0.2, 0.25) is 76.8 Å². The van der Waals surface area contributed by atoms with Gasteiger partial charge in [0.15, 0.2) is 0 Å². The van der Waals surface area contributed by atoms with Crippen LogP contribution in [0.5, 0.6) is 0 Å². The SMILES string of the molecule is CC(C)C[C@@H]1NC(=O)[C@H](C)NC(=O)CSC[C@@H](C(N)=O)NC(=O)[C@H](C(C)C)NC(=O)[C@H](Cc2c[nH]c3ccccc23)NC(=O)[C@H](C(C)C)NC(=O)[C@H](Cc2ccc(-c3ccccc3)cc2)NC(=O)[C@@H]2CCCN2C(=O)[C@H](CC(C)C)NC(=O)[C@H](C(C)C)NC(=O)[C@H](Cc2ccccc2)N(C)C(=O)[C@H](CC2=CNCN2)NC1=O. The number of fused-ring (bicyclic) bond motifs is 2. The average Bonchev–Trinajstić information content (AvgIpc) is 1.12. The summed E-state index contributed by atoms with van der Waals surface area (Å²) in [5, 5.41) is 35.1. The van der Waals surface area contributed by atoms with Crippen molar-refractivity contribution in [3.8, 4) is 11.1 Å². The first-order valence-electron chi connectivity index (χ1n) is 38.6. The highest BCUT2D eigenvalue weighted by molar-refractivity contribution is 8.00. The number of nitrogens with zero attached hydrogens (tertiary/aromatic N) is 2. The number of rotatable bonds is 17. The van der Waals surface area contributed by atoms with E-state index in [0.717, 1.165) is 33.8 Å². The van der Waals surface area contributed by atoms with Crippen molar-refractivity contribution in [1.82, 2.24) is 78.6 Å². The predicted molar refractivity (Wildman–Crippen MR) is 428 cm³/mol. The van der Waals surface area contributed by atoms with Crippen LogP contribution in [0.15, 0.2) is 127 Å². The van der Waals surface area contributed by atoms with Gasteiger partial charge in [0, 0.05) is 74.0 Å². The van der Waals surface area contributed by atoms with E-state index >= 15 is 33.6 Å². The second-order valence-corrected chi connectivity index (χ2v) is 32.2. The molecule has 0 saturated carbocycles. The maximum Gasteiger partial charge on any atom is 0.245 e. The number of carbonyl (C=O) groups excluding carboxylic acids is 13. The summed E-state index contributed by atoms with van der Waals surface area (Å²) in [5.41, 5.74) is 10.8. The number of H-pyrrole nitrogens is 1. The molecule has 0 spiro atoms. The molecule has 0 aliphatic carbocycles. The number of para-hydroxylation sites is 1. The number of carbonyl (C=O) groups is 13. The summed E-state index contributed by atoms with van der Waals surface area (Å²) in [6.07, 6.45) is 3.68. The normalized spacial score (nSPS) is 24.9. The number of aromatic nitrogens is 1. The third kappa shape index (κ3) is 24.4. The molecule has 3 aliphatic rings. The highest BCUT2D eigenvalue weighted by Gasteiger charge is 2.43. The topological polar surface area (TPSA) is 415 Å². The first kappa shape index (κ1) is 86.8. The van der Waals surface area contributed by atoms with Gasteiger partial charge in [-0.15, -0.1) is 11.8 Å². The minimum atomic E-state index is -1.42. The van der Waals surface area contributed by atoms with E-state index in [0.29, 0.717) is 35.5 Å². The molecule has 0 radical (unpaired) electrons. The van der Waals surface area contributed by atoms with Gasteiger partial charge in [-0.1, -0.05) is 172 Å². The summed E-state index contributed by atoms with van der Waals surface area (Å²) >= 11 is 0.908. The quantitative estimate of drug-likeness (QED) is 0.0635. The molecule has 29 nitrogen and oxygen atoms in total. The second-order valence-electron chi connectivity index (χ2n) is 31.1. The molecule has 30 heteroatoms. The first-order chi connectivity index (χ1) is 53.3. The van der Waals surface area contributed by atoms with Gasteiger partial charge in [-0.3, -0.25) is 62.3 Å². The molecule has 112 heavy (non-hydrogen) atoms. The van der Waals surface area contributed by atoms with Gasteiger partial charge in [0.1, 0.15) is 72.5 Å². The molecule has 4 heterocycles. The molecule has 4 aromatic carbocycles. The Morgan fingerprint density at radius 3 is 1.60 bits per heavy atom. The zero-order chi connectivity index (χ0) is 81.6. The Morgan fingerprint density at radius 1 is 0.500 bits per heavy atom. The van der Waals surface area contributed by atoms with Crippen molar-refractivity contribution in [1.29, 1.82) is 0 Å². The smallest absolute Gasteiger partial charge is 0.245 e. The van der Waals surface area contributed by atoms with Crippen molar-refractivity contribution in [2.45, 2.75) is 200 Å². The number of amides is 13. The molecule has 5 aromatic rings. The number of nitrogens with two attached hydrogens (primary N) is 1. The molecule has 8 rings (SSSR count). The fourth-order valence-corrected chi connectivity index (χ4v) is 14.8. The maximum atomic E-state index is 15.3. The van der Waals surface area contributed by atoms with Crippen molar-refractivity contribution >= 4 is 99.5 Å². The standard InChI is InChI=1S/C82H112N16O13S/c1-45(2)34-59-73(102)91-63(39-56-41-84-44-86-56)81(110)97(12)66(37-51-22-15-13-16-23-51)77(106)96-70(49(9)10)79(108)92-62(35-46(3)4)82(111)98-33-21-28-65(98)76(105)89-60(36-52-29-31-54(32-30-52)53-24-17-14-18-25-53)74(103)94-68(47(5)6)78(107)90-61(38-55-40-85-58-27-20-19-26-57(55)58)75(104)95-69(48(7)8)80(109)93-64(71(83)100)42-112-43-67(99)87-50(11)72(101)88-59/h13-20,22-27,29-32,40-41,45-50,59-66,68-70,84-86H,21,28,33-39,42-44H2,1-12H3,(H2,83,100)(H,87,99)(H,88,101)(H,89,105)(H,90,107)(H,91,102)(H,92,108)(H,93,109)(H,94,103)(H,95,104)(H,96,106)/t50-,59-,60-,61-,62-,63-,64-,65-,66-,68-,69-,70-/m0/s1. The van der Waals surface area contributed by atoms with Crippen LogP contribution in [0.3, 0.4) is 0 Å². The Morgan fingerprint density at radius 2 is 1.01 bits per heavy atom. The molecule has 3 aliphatic heterocycles. The van der Waals surface area contributed by atoms with E-state index in [1.165, 1.54) is 23.8 Å². The Labute approximate surface area is 659 Å². The van der Waals surface area contributed by atoms with Crippen LogP contribution in [-0.4, -0.2) is 196 Å². The van der Waals surface area contributed by atoms with E-state index in [1.807, 2.05) is 107 Å². The van der Waals surface area contributed by atoms with Crippen LogP contribution in [0.4, 0.5) is 0 Å². The van der Waals surface area contributed by atoms with Gasteiger partial charge >= 0.3 is 0 Å². The Bertz CT molecular complexity index is 4170. The highest BCUT2D eigenvalue weighted by Crippen LogP contribution is 2.26. The third-order valence-corrected chi connectivity index (χ3v) is 21.2. The van der Waals surface area contributed by atoms with Crippen LogP contribution in [0.2, 0.25) is 0 Å². The fraction of sp³-hybridized carbons (Fsp3) is 0.500. The van der Waals surface area contributed by atoms with Gasteiger partial charge < -0.3 is 84.3 Å². The van der Waals surface area contributed by atoms with Gasteiger partial charge in [-0.2, -0.15) is 0 Å². The number of aromatic amines is 1. The van der Waals surface area contributed by atoms with E-state index in [4.69, 9.17) is 5.73 Å². The Hall–Kier alpha value is -10.8. The van der Waals surface area contributed by atoms with Crippen LogP contribution in [0.1, 0.15) is 125 Å². The lowest BCUT2D eigenvalue weighted by molar-refractivity contribution is -0.144. The van der Waals surface area contributed by atoms with Crippen molar-refractivity contribution in [3.63, 3.8) is 0 Å². The van der Waals surface area contributed by atoms with Gasteiger partial charge in [-0.25, -0.2) is 0 Å². The van der Waals surface area contributed by atoms with Crippen molar-refractivity contribution in [3.05, 3.63) is 144 Å². The number of hydrogen-bond donors (Lipinski definition) is 14. The van der Waals surface area contributed by atoms with E-state index in [-0.39, 0.29) is 74.8 Å². The summed E-state index contributed by atoms with van der Waals surface area (Å²) in [7, 11) is 1.42. The lowest BCUT2D eigenvalue weighted by Gasteiger charge is -2.34. The number of nitrogens with one attached hydrogen (secondary N) is 13. The number of benzene rings is 4. The van der Waals surface area contributed by atoms with Crippen LogP contribution in [0.25, 0.3) is 22.0 Å². The average molecular weight is 1560 g/mol. The highest BCUT2D eigenvalue weighted by atomic mass is 32.2. The van der Waals surface area contributed by atoms with E-state index in [2.05, 4.69) is 68.8 Å². The lowest BCUT2D eigenvalue weighted by Crippen LogP contribution is -2.62. The summed E-state index contributed by atoms with van der Waals surface area (Å²) < 4.78 is 0. The number of hydrogen-bond acceptors (Lipinski definition) is 16. The fourth-order valence-electron chi connectivity index (χ4n) is 13.9. The summed E-state index contributed by atoms with van der Waals surface area (Å²) in [5.74, 6) is -12.7. The number of primary amides is 1. The Balaban J connectivity index is 1.16. The van der Waals surface area contributed by atoms with Crippen molar-refractivity contribution < 1.29 is 62.3 Å². The predicted octanol–water partition coefficient (Wildman–Crippen LogP) is 3.22. The summed E-state index contributed by atoms with van der Waals surface area (Å²) in [6, 6.07) is 17.5. The lowest BCUT2D eigenvalue weighted by atomic mass is 9.97. The zero-order valence-corrected chi connectivity index (χ0v) is 66.9. The summed E-state index contributed by atoms with van der Waals surface area (Å²) in [4.78, 5) is 197. The van der Waals surface area contributed by atoms with Crippen LogP contribution in [-0.2, 0) is 81.6 Å². The van der Waals surface area contributed by atoms with Gasteiger partial charge in [0.05, 0.1) is 12.4 Å².